The second kappa shape index (κ2) is 8.12. The third-order valence-corrected chi connectivity index (χ3v) is 5.62. The molecule has 0 spiro atoms. The molecule has 0 fully saturated rings. The Morgan fingerprint density at radius 1 is 1.12 bits per heavy atom. The molecule has 0 saturated heterocycles. The predicted molar refractivity (Wildman–Crippen MR) is 97.5 cm³/mol. The smallest absolute Gasteiger partial charge is 0.215 e. The van der Waals surface area contributed by atoms with Gasteiger partial charge in [-0.25, -0.2) is 13.1 Å². The topological polar surface area (TPSA) is 55.4 Å². The third kappa shape index (κ3) is 4.80. The van der Waals surface area contributed by atoms with Crippen molar-refractivity contribution in [1.82, 2.24) is 4.72 Å². The van der Waals surface area contributed by atoms with Crippen LogP contribution >= 0.6 is 11.6 Å². The maximum Gasteiger partial charge on any atom is 0.215 e. The highest BCUT2D eigenvalue weighted by Crippen LogP contribution is 2.28. The molecule has 1 atom stereocenters. The molecule has 1 unspecified atom stereocenters. The van der Waals surface area contributed by atoms with Crippen LogP contribution in [0.15, 0.2) is 54.6 Å². The fraction of sp³-hybridized carbons (Fsp3) is 0.333. The Kier molecular flexibility index (Phi) is 6.40. The van der Waals surface area contributed by atoms with Crippen LogP contribution in [0.5, 0.6) is 0 Å². The first-order valence-electron chi connectivity index (χ1n) is 7.73. The van der Waals surface area contributed by atoms with Gasteiger partial charge in [-0.05, 0) is 29.7 Å². The van der Waals surface area contributed by atoms with Crippen molar-refractivity contribution < 1.29 is 13.2 Å². The Morgan fingerprint density at radius 2 is 1.83 bits per heavy atom. The van der Waals surface area contributed by atoms with Crippen LogP contribution in [-0.2, 0) is 26.1 Å². The van der Waals surface area contributed by atoms with E-state index in [-0.39, 0.29) is 12.3 Å². The lowest BCUT2D eigenvalue weighted by Gasteiger charge is -2.32. The number of ether oxygens (including phenoxy) is 1. The van der Waals surface area contributed by atoms with Crippen molar-refractivity contribution in [2.24, 2.45) is 0 Å². The zero-order valence-corrected chi connectivity index (χ0v) is 15.4. The van der Waals surface area contributed by atoms with Gasteiger partial charge in [0.15, 0.2) is 0 Å². The van der Waals surface area contributed by atoms with Crippen molar-refractivity contribution >= 4 is 21.6 Å². The fourth-order valence-corrected chi connectivity index (χ4v) is 4.02. The average Bonchev–Trinajstić information content (AvgIpc) is 2.57. The van der Waals surface area contributed by atoms with E-state index in [1.54, 1.807) is 31.4 Å². The molecule has 2 rings (SSSR count). The second-order valence-corrected chi connectivity index (χ2v) is 7.87. The molecule has 2 aromatic carbocycles. The van der Waals surface area contributed by atoms with Crippen LogP contribution in [0.1, 0.15) is 24.5 Å². The Morgan fingerprint density at radius 3 is 2.42 bits per heavy atom. The summed E-state index contributed by atoms with van der Waals surface area (Å²) in [6, 6.07) is 16.5. The molecule has 4 nitrogen and oxygen atoms in total. The second-order valence-electron chi connectivity index (χ2n) is 5.63. The average molecular weight is 368 g/mol. The van der Waals surface area contributed by atoms with Gasteiger partial charge in [-0.1, -0.05) is 61.0 Å². The summed E-state index contributed by atoms with van der Waals surface area (Å²) >= 11 is 5.91. The van der Waals surface area contributed by atoms with Gasteiger partial charge >= 0.3 is 0 Å². The molecule has 0 heterocycles. The number of rotatable bonds is 8. The van der Waals surface area contributed by atoms with Crippen molar-refractivity contribution in [1.29, 1.82) is 0 Å². The first-order valence-corrected chi connectivity index (χ1v) is 9.76. The maximum absolute atomic E-state index is 12.4. The van der Waals surface area contributed by atoms with E-state index >= 15 is 0 Å². The van der Waals surface area contributed by atoms with E-state index in [9.17, 15) is 8.42 Å². The number of halogens is 1. The van der Waals surface area contributed by atoms with Crippen molar-refractivity contribution in [3.05, 3.63) is 70.7 Å². The zero-order chi connectivity index (χ0) is 17.6. The number of hydrogen-bond acceptors (Lipinski definition) is 3. The summed E-state index contributed by atoms with van der Waals surface area (Å²) in [6.45, 7) is 2.15. The van der Waals surface area contributed by atoms with Crippen LogP contribution in [0.3, 0.4) is 0 Å². The summed E-state index contributed by atoms with van der Waals surface area (Å²) in [5.41, 5.74) is 0.900. The molecule has 0 aliphatic carbocycles. The molecule has 0 aromatic heterocycles. The Bertz CT molecular complexity index is 759. The van der Waals surface area contributed by atoms with E-state index in [1.165, 1.54) is 0 Å². The van der Waals surface area contributed by atoms with Crippen molar-refractivity contribution in [2.75, 3.05) is 13.7 Å². The first-order chi connectivity index (χ1) is 11.4. The number of methoxy groups -OCH3 is 1. The first kappa shape index (κ1) is 18.9. The molecule has 1 N–H and O–H groups in total. The van der Waals surface area contributed by atoms with E-state index in [4.69, 9.17) is 16.3 Å². The molecule has 0 amide bonds. The van der Waals surface area contributed by atoms with Crippen molar-refractivity contribution in [3.8, 4) is 0 Å². The molecule has 0 aliphatic rings. The lowest BCUT2D eigenvalue weighted by molar-refractivity contribution is -0.0133. The highest BCUT2D eigenvalue weighted by molar-refractivity contribution is 7.88. The minimum Gasteiger partial charge on any atom is -0.372 e. The van der Waals surface area contributed by atoms with Gasteiger partial charge in [-0.2, -0.15) is 0 Å². The summed E-state index contributed by atoms with van der Waals surface area (Å²) in [5.74, 6) is -0.119. The number of sulfonamides is 1. The van der Waals surface area contributed by atoms with Crippen LogP contribution < -0.4 is 4.72 Å². The van der Waals surface area contributed by atoms with Crippen molar-refractivity contribution in [2.45, 2.75) is 24.7 Å². The minimum absolute atomic E-state index is 0.119. The standard InChI is InChI=1S/C18H22ClNO3S/c1-3-18(23-2,16-9-5-4-6-10-16)14-20-24(21,22)13-15-8-7-11-17(19)12-15/h4-12,20H,3,13-14H2,1-2H3. The molecule has 130 valence electrons. The molecule has 0 radical (unpaired) electrons. The number of benzene rings is 2. The van der Waals surface area contributed by atoms with Crippen LogP contribution in [0, 0.1) is 0 Å². The van der Waals surface area contributed by atoms with E-state index in [2.05, 4.69) is 4.72 Å². The molecule has 2 aromatic rings. The SMILES string of the molecule is CCC(CNS(=O)(=O)Cc1cccc(Cl)c1)(OC)c1ccccc1. The van der Waals surface area contributed by atoms with E-state index < -0.39 is 15.6 Å². The Labute approximate surface area is 148 Å². The molecular weight excluding hydrogens is 346 g/mol. The summed E-state index contributed by atoms with van der Waals surface area (Å²) < 4.78 is 33.2. The van der Waals surface area contributed by atoms with Gasteiger partial charge < -0.3 is 4.74 Å². The van der Waals surface area contributed by atoms with Crippen LogP contribution in [0.2, 0.25) is 5.02 Å². The summed E-state index contributed by atoms with van der Waals surface area (Å²) in [6.07, 6.45) is 0.646. The molecule has 24 heavy (non-hydrogen) atoms. The van der Waals surface area contributed by atoms with E-state index in [0.717, 1.165) is 5.56 Å². The number of hydrogen-bond donors (Lipinski definition) is 1. The van der Waals surface area contributed by atoms with Gasteiger partial charge in [-0.15, -0.1) is 0 Å². The summed E-state index contributed by atoms with van der Waals surface area (Å²) in [5, 5.41) is 0.520. The lowest BCUT2D eigenvalue weighted by atomic mass is 9.91. The van der Waals surface area contributed by atoms with E-state index in [1.807, 2.05) is 37.3 Å². The van der Waals surface area contributed by atoms with Crippen LogP contribution in [-0.4, -0.2) is 22.1 Å². The highest BCUT2D eigenvalue weighted by atomic mass is 35.5. The molecule has 0 bridgehead atoms. The molecule has 0 aliphatic heterocycles. The fourth-order valence-electron chi connectivity index (χ4n) is 2.63. The maximum atomic E-state index is 12.4. The van der Waals surface area contributed by atoms with Crippen molar-refractivity contribution in [3.63, 3.8) is 0 Å². The monoisotopic (exact) mass is 367 g/mol. The van der Waals surface area contributed by atoms with Crippen LogP contribution in [0.25, 0.3) is 0 Å². The number of nitrogens with one attached hydrogen (secondary N) is 1. The highest BCUT2D eigenvalue weighted by Gasteiger charge is 2.31. The van der Waals surface area contributed by atoms with E-state index in [0.29, 0.717) is 17.0 Å². The third-order valence-electron chi connectivity index (χ3n) is 4.09. The van der Waals surface area contributed by atoms with Crippen LogP contribution in [0.4, 0.5) is 0 Å². The summed E-state index contributed by atoms with van der Waals surface area (Å²) in [4.78, 5) is 0. The molecular formula is C18H22ClNO3S. The summed E-state index contributed by atoms with van der Waals surface area (Å²) in [7, 11) is -1.90. The van der Waals surface area contributed by atoms with Gasteiger partial charge in [0.05, 0.1) is 5.75 Å². The predicted octanol–water partition coefficient (Wildman–Crippen LogP) is 3.71. The Balaban J connectivity index is 2.14. The molecule has 6 heteroatoms. The van der Waals surface area contributed by atoms with Gasteiger partial charge in [0.25, 0.3) is 0 Å². The largest absolute Gasteiger partial charge is 0.372 e. The van der Waals surface area contributed by atoms with Gasteiger partial charge in [0.2, 0.25) is 10.0 Å². The minimum atomic E-state index is -3.50. The Hall–Kier alpha value is -1.40. The molecule has 0 saturated carbocycles. The van der Waals surface area contributed by atoms with Gasteiger partial charge in [0, 0.05) is 18.7 Å². The van der Waals surface area contributed by atoms with Gasteiger partial charge in [0.1, 0.15) is 5.60 Å². The normalized spacial score (nSPS) is 14.3. The van der Waals surface area contributed by atoms with Gasteiger partial charge in [-0.3, -0.25) is 0 Å². The quantitative estimate of drug-likeness (QED) is 0.773. The lowest BCUT2D eigenvalue weighted by Crippen LogP contribution is -2.42. The zero-order valence-electron chi connectivity index (χ0n) is 13.8.